The summed E-state index contributed by atoms with van der Waals surface area (Å²) in [5.74, 6) is -0.797. The summed E-state index contributed by atoms with van der Waals surface area (Å²) in [4.78, 5) is 12.1. The second-order valence-electron chi connectivity index (χ2n) is 7.21. The molecule has 3 aromatic rings. The predicted molar refractivity (Wildman–Crippen MR) is 116 cm³/mol. The Bertz CT molecular complexity index is 1140. The normalized spacial score (nSPS) is 17.3. The number of primary amides is 1. The maximum Gasteiger partial charge on any atom is 0.249 e. The number of nitrogens with one attached hydrogen (secondary N) is 1. The van der Waals surface area contributed by atoms with E-state index >= 15 is 4.39 Å². The van der Waals surface area contributed by atoms with Gasteiger partial charge in [0.2, 0.25) is 5.91 Å². The van der Waals surface area contributed by atoms with Crippen molar-refractivity contribution in [1.29, 1.82) is 0 Å². The lowest BCUT2D eigenvalue weighted by Gasteiger charge is -2.27. The number of carbonyl (C=O) groups excluding carboxylic acids is 1. The summed E-state index contributed by atoms with van der Waals surface area (Å²) in [6.07, 6.45) is 0.375. The first kappa shape index (κ1) is 20.2. The topological polar surface area (TPSA) is 90.4 Å². The Balaban J connectivity index is 1.96. The monoisotopic (exact) mass is 425 g/mol. The van der Waals surface area contributed by atoms with Gasteiger partial charge in [-0.15, -0.1) is 0 Å². The zero-order chi connectivity index (χ0) is 21.5. The van der Waals surface area contributed by atoms with E-state index in [0.717, 1.165) is 5.56 Å². The van der Waals surface area contributed by atoms with Crippen LogP contribution in [0.4, 0.5) is 10.1 Å². The van der Waals surface area contributed by atoms with Crippen LogP contribution in [0, 0.1) is 5.82 Å². The van der Waals surface area contributed by atoms with Gasteiger partial charge in [0.25, 0.3) is 0 Å². The SMILES string of the molecule is CNc1ccc(C(N)=O)c(-c2c(Cl)ccc3c2CC(CN)(c2ccccc2)O3)c1F. The molecule has 30 heavy (non-hydrogen) atoms. The van der Waals surface area contributed by atoms with E-state index in [0.29, 0.717) is 28.3 Å². The lowest BCUT2D eigenvalue weighted by Crippen LogP contribution is -2.39. The highest BCUT2D eigenvalue weighted by Gasteiger charge is 2.42. The van der Waals surface area contributed by atoms with Crippen LogP contribution in [-0.2, 0) is 12.0 Å². The van der Waals surface area contributed by atoms with Gasteiger partial charge in [0.1, 0.15) is 5.75 Å². The van der Waals surface area contributed by atoms with Crippen molar-refractivity contribution < 1.29 is 13.9 Å². The van der Waals surface area contributed by atoms with Crippen LogP contribution in [0.15, 0.2) is 54.6 Å². The van der Waals surface area contributed by atoms with Gasteiger partial charge in [0.15, 0.2) is 11.4 Å². The van der Waals surface area contributed by atoms with Gasteiger partial charge in [-0.3, -0.25) is 4.79 Å². The minimum absolute atomic E-state index is 0.0479. The summed E-state index contributed by atoms with van der Waals surface area (Å²) in [7, 11) is 1.60. The third kappa shape index (κ3) is 3.09. The first-order chi connectivity index (χ1) is 14.4. The van der Waals surface area contributed by atoms with E-state index in [4.69, 9.17) is 27.8 Å². The molecule has 0 bridgehead atoms. The van der Waals surface area contributed by atoms with E-state index in [1.807, 2.05) is 30.3 Å². The van der Waals surface area contributed by atoms with Crippen LogP contribution in [0.5, 0.6) is 5.75 Å². The molecule has 0 saturated heterocycles. The zero-order valence-electron chi connectivity index (χ0n) is 16.3. The highest BCUT2D eigenvalue weighted by molar-refractivity contribution is 6.34. The molecule has 1 amide bonds. The number of nitrogens with two attached hydrogens (primary N) is 2. The molecule has 0 saturated carbocycles. The van der Waals surface area contributed by atoms with Crippen LogP contribution in [-0.4, -0.2) is 19.5 Å². The van der Waals surface area contributed by atoms with E-state index < -0.39 is 17.3 Å². The molecule has 1 atom stereocenters. The number of carbonyl (C=O) groups is 1. The smallest absolute Gasteiger partial charge is 0.249 e. The maximum absolute atomic E-state index is 15.4. The van der Waals surface area contributed by atoms with Crippen molar-refractivity contribution in [3.05, 3.63) is 82.1 Å². The number of halogens is 2. The molecule has 1 heterocycles. The maximum atomic E-state index is 15.4. The zero-order valence-corrected chi connectivity index (χ0v) is 17.1. The van der Waals surface area contributed by atoms with Crippen molar-refractivity contribution in [2.75, 3.05) is 18.9 Å². The molecule has 0 radical (unpaired) electrons. The van der Waals surface area contributed by atoms with Crippen LogP contribution in [0.2, 0.25) is 5.02 Å². The molecule has 0 fully saturated rings. The minimum atomic E-state index is -0.812. The average Bonchev–Trinajstić information content (AvgIpc) is 3.15. The van der Waals surface area contributed by atoms with E-state index in [-0.39, 0.29) is 23.4 Å². The molecular weight excluding hydrogens is 405 g/mol. The second kappa shape index (κ2) is 7.63. The van der Waals surface area contributed by atoms with Crippen molar-refractivity contribution in [2.24, 2.45) is 11.5 Å². The summed E-state index contributed by atoms with van der Waals surface area (Å²) in [6.45, 7) is 0.213. The van der Waals surface area contributed by atoms with Gasteiger partial charge in [-0.2, -0.15) is 0 Å². The number of amides is 1. The van der Waals surface area contributed by atoms with E-state index in [9.17, 15) is 4.79 Å². The van der Waals surface area contributed by atoms with E-state index in [1.165, 1.54) is 12.1 Å². The van der Waals surface area contributed by atoms with Crippen molar-refractivity contribution in [1.82, 2.24) is 0 Å². The third-order valence-corrected chi connectivity index (χ3v) is 5.86. The number of rotatable bonds is 5. The molecule has 0 spiro atoms. The highest BCUT2D eigenvalue weighted by atomic mass is 35.5. The highest BCUT2D eigenvalue weighted by Crippen LogP contribution is 2.49. The van der Waals surface area contributed by atoms with Gasteiger partial charge in [-0.1, -0.05) is 41.9 Å². The fraction of sp³-hybridized carbons (Fsp3) is 0.174. The lowest BCUT2D eigenvalue weighted by molar-refractivity contribution is 0.1000. The quantitative estimate of drug-likeness (QED) is 0.574. The van der Waals surface area contributed by atoms with Gasteiger partial charge in [0.05, 0.1) is 11.3 Å². The molecule has 5 N–H and O–H groups in total. The van der Waals surface area contributed by atoms with Crippen LogP contribution in [0.3, 0.4) is 0 Å². The van der Waals surface area contributed by atoms with Crippen LogP contribution in [0.25, 0.3) is 11.1 Å². The Labute approximate surface area is 178 Å². The lowest BCUT2D eigenvalue weighted by atomic mass is 9.85. The van der Waals surface area contributed by atoms with Crippen molar-refractivity contribution in [3.63, 3.8) is 0 Å². The molecule has 0 aromatic heterocycles. The Kier molecular flexibility index (Phi) is 5.13. The molecular formula is C23H21ClFN3O2. The van der Waals surface area contributed by atoms with Crippen molar-refractivity contribution in [2.45, 2.75) is 12.0 Å². The number of benzene rings is 3. The summed E-state index contributed by atoms with van der Waals surface area (Å²) < 4.78 is 21.7. The molecule has 7 heteroatoms. The van der Waals surface area contributed by atoms with Gasteiger partial charge >= 0.3 is 0 Å². The van der Waals surface area contributed by atoms with Gasteiger partial charge < -0.3 is 21.5 Å². The summed E-state index contributed by atoms with van der Waals surface area (Å²) in [5.41, 5.74) is 13.2. The Morgan fingerprint density at radius 1 is 1.17 bits per heavy atom. The first-order valence-corrected chi connectivity index (χ1v) is 9.86. The molecule has 1 unspecified atom stereocenters. The molecule has 4 rings (SSSR count). The van der Waals surface area contributed by atoms with Gasteiger partial charge in [-0.25, -0.2) is 4.39 Å². The fourth-order valence-electron chi connectivity index (χ4n) is 4.03. The van der Waals surface area contributed by atoms with Crippen molar-refractivity contribution in [3.8, 4) is 16.9 Å². The van der Waals surface area contributed by atoms with Gasteiger partial charge in [-0.05, 0) is 29.8 Å². The summed E-state index contributed by atoms with van der Waals surface area (Å²) in [5, 5.41) is 3.09. The minimum Gasteiger partial charge on any atom is -0.481 e. The largest absolute Gasteiger partial charge is 0.481 e. The summed E-state index contributed by atoms with van der Waals surface area (Å²) in [6, 6.07) is 16.0. The third-order valence-electron chi connectivity index (χ3n) is 5.54. The molecule has 1 aliphatic heterocycles. The number of fused-ring (bicyclic) bond motifs is 1. The van der Waals surface area contributed by atoms with Crippen LogP contribution < -0.4 is 21.5 Å². The number of anilines is 1. The van der Waals surface area contributed by atoms with E-state index in [1.54, 1.807) is 19.2 Å². The Morgan fingerprint density at radius 3 is 2.53 bits per heavy atom. The van der Waals surface area contributed by atoms with Gasteiger partial charge in [0, 0.05) is 41.7 Å². The molecule has 5 nitrogen and oxygen atoms in total. The average molecular weight is 426 g/mol. The predicted octanol–water partition coefficient (Wildman–Crippen LogP) is 4.08. The van der Waals surface area contributed by atoms with E-state index in [2.05, 4.69) is 5.32 Å². The Morgan fingerprint density at radius 2 is 1.90 bits per heavy atom. The Hall–Kier alpha value is -3.09. The molecule has 3 aromatic carbocycles. The fourth-order valence-corrected chi connectivity index (χ4v) is 4.30. The number of ether oxygens (including phenoxy) is 1. The summed E-state index contributed by atoms with van der Waals surface area (Å²) >= 11 is 6.54. The molecule has 1 aliphatic rings. The number of hydrogen-bond donors (Lipinski definition) is 3. The number of hydrogen-bond acceptors (Lipinski definition) is 4. The first-order valence-electron chi connectivity index (χ1n) is 9.48. The van der Waals surface area contributed by atoms with Crippen LogP contribution in [0.1, 0.15) is 21.5 Å². The van der Waals surface area contributed by atoms with Crippen LogP contribution >= 0.6 is 11.6 Å². The molecule has 154 valence electrons. The second-order valence-corrected chi connectivity index (χ2v) is 7.61. The molecule has 0 aliphatic carbocycles. The van der Waals surface area contributed by atoms with Crippen molar-refractivity contribution >= 4 is 23.2 Å². The standard InChI is InChI=1S/C23H21ClFN3O2/c1-28-17-9-7-14(22(27)29)20(21(17)25)19-15-11-23(12-26,13-5-3-2-4-6-13)30-18(15)10-8-16(19)24/h2-10,28H,11-12,26H2,1H3,(H2,27,29).